The largest absolute Gasteiger partial charge is 0.504 e. The zero-order valence-corrected chi connectivity index (χ0v) is 14.6. The van der Waals surface area contributed by atoms with Crippen molar-refractivity contribution in [3.8, 4) is 17.2 Å². The van der Waals surface area contributed by atoms with Crippen molar-refractivity contribution < 1.29 is 19.0 Å². The van der Waals surface area contributed by atoms with Gasteiger partial charge in [-0.25, -0.2) is 9.07 Å². The number of nitrogens with zero attached hydrogens (tertiary/aromatic N) is 2. The minimum Gasteiger partial charge on any atom is -0.504 e. The molecule has 0 saturated carbocycles. The highest BCUT2D eigenvalue weighted by atomic mass is 19.1. The number of halogens is 1. The summed E-state index contributed by atoms with van der Waals surface area (Å²) in [5, 5.41) is 17.3. The van der Waals surface area contributed by atoms with Gasteiger partial charge in [0.2, 0.25) is 0 Å². The number of aromatic nitrogens is 2. The van der Waals surface area contributed by atoms with Crippen molar-refractivity contribution >= 4 is 5.91 Å². The Morgan fingerprint density at radius 2 is 2.15 bits per heavy atom. The van der Waals surface area contributed by atoms with Gasteiger partial charge in [-0.1, -0.05) is 18.2 Å². The molecule has 1 aliphatic heterocycles. The molecule has 3 aromatic rings. The molecule has 1 aromatic heterocycles. The first kappa shape index (κ1) is 17.1. The number of fused-ring (bicyclic) bond motifs is 1. The highest BCUT2D eigenvalue weighted by Gasteiger charge is 2.26. The number of hydrogen-bond donors (Lipinski definition) is 2. The third kappa shape index (κ3) is 3.23. The smallest absolute Gasteiger partial charge is 0.276 e. The number of carbonyl (C=O) groups excluding carboxylic acids is 1. The fraction of sp³-hybridized carbons (Fsp3) is 0.200. The molecule has 2 heterocycles. The summed E-state index contributed by atoms with van der Waals surface area (Å²) in [6, 6.07) is 11.5. The fourth-order valence-electron chi connectivity index (χ4n) is 3.24. The summed E-state index contributed by atoms with van der Waals surface area (Å²) in [6.45, 7) is 2.23. The molecule has 1 aliphatic rings. The predicted molar refractivity (Wildman–Crippen MR) is 96.7 cm³/mol. The van der Waals surface area contributed by atoms with E-state index in [-0.39, 0.29) is 23.3 Å². The van der Waals surface area contributed by atoms with Crippen molar-refractivity contribution in [2.75, 3.05) is 6.61 Å². The number of benzene rings is 2. The van der Waals surface area contributed by atoms with Crippen LogP contribution in [-0.2, 0) is 0 Å². The van der Waals surface area contributed by atoms with Gasteiger partial charge in [-0.15, -0.1) is 0 Å². The standard InChI is InChI=1S/C20H18FN3O3/c1-12-10-13(21)6-7-16(12)24-11-17(25)19(23-24)20(26)22-15-8-9-27-18-5-3-2-4-14(15)18/h2-7,10-11,15,25H,8-9H2,1H3,(H,22,26). The second-order valence-electron chi connectivity index (χ2n) is 6.44. The van der Waals surface area contributed by atoms with E-state index in [1.807, 2.05) is 24.3 Å². The number of carbonyl (C=O) groups is 1. The molecule has 27 heavy (non-hydrogen) atoms. The minimum absolute atomic E-state index is 0.0808. The van der Waals surface area contributed by atoms with Crippen LogP contribution in [0.4, 0.5) is 4.39 Å². The molecule has 1 amide bonds. The lowest BCUT2D eigenvalue weighted by molar-refractivity contribution is 0.0916. The Hall–Kier alpha value is -3.35. The van der Waals surface area contributed by atoms with Crippen LogP contribution >= 0.6 is 0 Å². The van der Waals surface area contributed by atoms with Crippen LogP contribution in [0.1, 0.15) is 34.1 Å². The molecule has 7 heteroatoms. The van der Waals surface area contributed by atoms with Crippen LogP contribution in [0.3, 0.4) is 0 Å². The first-order chi connectivity index (χ1) is 13.0. The van der Waals surface area contributed by atoms with Crippen LogP contribution in [0, 0.1) is 12.7 Å². The number of nitrogens with one attached hydrogen (secondary N) is 1. The van der Waals surface area contributed by atoms with Gasteiger partial charge in [-0.2, -0.15) is 5.10 Å². The Kier molecular flexibility index (Phi) is 4.27. The van der Waals surface area contributed by atoms with Gasteiger partial charge in [0.25, 0.3) is 5.91 Å². The fourth-order valence-corrected chi connectivity index (χ4v) is 3.24. The molecule has 0 bridgehead atoms. The number of aryl methyl sites for hydroxylation is 1. The summed E-state index contributed by atoms with van der Waals surface area (Å²) < 4.78 is 20.3. The highest BCUT2D eigenvalue weighted by Crippen LogP contribution is 2.32. The zero-order chi connectivity index (χ0) is 19.0. The molecule has 0 radical (unpaired) electrons. The van der Waals surface area contributed by atoms with Gasteiger partial charge in [-0.3, -0.25) is 4.79 Å². The van der Waals surface area contributed by atoms with E-state index in [9.17, 15) is 14.3 Å². The van der Waals surface area contributed by atoms with E-state index in [0.717, 1.165) is 11.3 Å². The lowest BCUT2D eigenvalue weighted by atomic mass is 10.0. The van der Waals surface area contributed by atoms with Crippen molar-refractivity contribution in [2.24, 2.45) is 0 Å². The van der Waals surface area contributed by atoms with E-state index in [1.165, 1.54) is 23.0 Å². The summed E-state index contributed by atoms with van der Waals surface area (Å²) in [4.78, 5) is 12.7. The third-order valence-electron chi connectivity index (χ3n) is 4.58. The number of aromatic hydroxyl groups is 1. The monoisotopic (exact) mass is 367 g/mol. The Morgan fingerprint density at radius 3 is 2.96 bits per heavy atom. The molecule has 6 nitrogen and oxygen atoms in total. The van der Waals surface area contributed by atoms with E-state index in [0.29, 0.717) is 24.3 Å². The molecule has 2 aromatic carbocycles. The molecular formula is C20H18FN3O3. The Labute approximate surface area is 155 Å². The van der Waals surface area contributed by atoms with Crippen molar-refractivity contribution in [1.29, 1.82) is 0 Å². The minimum atomic E-state index is -0.479. The van der Waals surface area contributed by atoms with Gasteiger partial charge in [-0.05, 0) is 36.8 Å². The third-order valence-corrected chi connectivity index (χ3v) is 4.58. The van der Waals surface area contributed by atoms with Gasteiger partial charge in [0, 0.05) is 12.0 Å². The molecule has 4 rings (SSSR count). The summed E-state index contributed by atoms with van der Waals surface area (Å²) >= 11 is 0. The second kappa shape index (κ2) is 6.75. The van der Waals surface area contributed by atoms with E-state index in [1.54, 1.807) is 13.0 Å². The van der Waals surface area contributed by atoms with E-state index < -0.39 is 5.91 Å². The summed E-state index contributed by atoms with van der Waals surface area (Å²) in [5.41, 5.74) is 2.04. The molecule has 0 fully saturated rings. The Balaban J connectivity index is 1.59. The van der Waals surface area contributed by atoms with Crippen LogP contribution in [0.2, 0.25) is 0 Å². The van der Waals surface area contributed by atoms with Crippen molar-refractivity contribution in [2.45, 2.75) is 19.4 Å². The Morgan fingerprint density at radius 1 is 1.33 bits per heavy atom. The van der Waals surface area contributed by atoms with Crippen LogP contribution in [-0.4, -0.2) is 27.4 Å². The van der Waals surface area contributed by atoms with Gasteiger partial charge >= 0.3 is 0 Å². The number of ether oxygens (including phenoxy) is 1. The average Bonchev–Trinajstić information content (AvgIpc) is 3.03. The quantitative estimate of drug-likeness (QED) is 0.745. The molecule has 0 aliphatic carbocycles. The Bertz CT molecular complexity index is 1020. The summed E-state index contributed by atoms with van der Waals surface area (Å²) in [7, 11) is 0. The molecule has 1 atom stereocenters. The van der Waals surface area contributed by atoms with Crippen LogP contribution in [0.15, 0.2) is 48.7 Å². The first-order valence-electron chi connectivity index (χ1n) is 8.60. The number of para-hydroxylation sites is 1. The van der Waals surface area contributed by atoms with Crippen LogP contribution < -0.4 is 10.1 Å². The summed E-state index contributed by atoms with van der Waals surface area (Å²) in [5.74, 6) is -0.334. The zero-order valence-electron chi connectivity index (χ0n) is 14.6. The molecule has 0 spiro atoms. The normalized spacial score (nSPS) is 15.7. The number of amides is 1. The van der Waals surface area contributed by atoms with Crippen molar-refractivity contribution in [3.63, 3.8) is 0 Å². The van der Waals surface area contributed by atoms with Crippen LogP contribution in [0.5, 0.6) is 11.5 Å². The topological polar surface area (TPSA) is 76.4 Å². The molecule has 1 unspecified atom stereocenters. The highest BCUT2D eigenvalue weighted by molar-refractivity contribution is 5.95. The maximum Gasteiger partial charge on any atom is 0.276 e. The lowest BCUT2D eigenvalue weighted by Gasteiger charge is -2.26. The van der Waals surface area contributed by atoms with Crippen LogP contribution in [0.25, 0.3) is 5.69 Å². The van der Waals surface area contributed by atoms with E-state index in [2.05, 4.69) is 10.4 Å². The number of rotatable bonds is 3. The van der Waals surface area contributed by atoms with Gasteiger partial charge in [0.15, 0.2) is 11.4 Å². The van der Waals surface area contributed by atoms with Gasteiger partial charge in [0.05, 0.1) is 24.5 Å². The van der Waals surface area contributed by atoms with E-state index >= 15 is 0 Å². The molecular weight excluding hydrogens is 349 g/mol. The predicted octanol–water partition coefficient (Wildman–Crippen LogP) is 3.28. The molecule has 2 N–H and O–H groups in total. The van der Waals surface area contributed by atoms with Crippen molar-refractivity contribution in [3.05, 3.63) is 71.3 Å². The second-order valence-corrected chi connectivity index (χ2v) is 6.44. The summed E-state index contributed by atoms with van der Waals surface area (Å²) in [6.07, 6.45) is 1.97. The maximum absolute atomic E-state index is 13.3. The molecule has 0 saturated heterocycles. The van der Waals surface area contributed by atoms with Crippen molar-refractivity contribution in [1.82, 2.24) is 15.1 Å². The molecule has 138 valence electrons. The SMILES string of the molecule is Cc1cc(F)ccc1-n1cc(O)c(C(=O)NC2CCOc3ccccc32)n1. The first-order valence-corrected chi connectivity index (χ1v) is 8.60. The van der Waals surface area contributed by atoms with Gasteiger partial charge in [0.1, 0.15) is 11.6 Å². The van der Waals surface area contributed by atoms with Gasteiger partial charge < -0.3 is 15.2 Å². The number of hydrogen-bond acceptors (Lipinski definition) is 4. The average molecular weight is 367 g/mol. The maximum atomic E-state index is 13.3. The lowest BCUT2D eigenvalue weighted by Crippen LogP contribution is -2.32. The van der Waals surface area contributed by atoms with E-state index in [4.69, 9.17) is 4.74 Å².